The molecule has 2 aromatic rings. The van der Waals surface area contributed by atoms with Crippen molar-refractivity contribution in [3.8, 4) is 0 Å². The summed E-state index contributed by atoms with van der Waals surface area (Å²) in [6.07, 6.45) is 4.96. The first-order valence-corrected chi connectivity index (χ1v) is 3.94. The Bertz CT molecular complexity index is 379. The molecule has 64 valence electrons. The van der Waals surface area contributed by atoms with Gasteiger partial charge in [0, 0.05) is 6.20 Å². The Kier molecular flexibility index (Phi) is 2.18. The van der Waals surface area contributed by atoms with Gasteiger partial charge < -0.3 is 4.42 Å². The molecule has 0 aromatic carbocycles. The van der Waals surface area contributed by atoms with Gasteiger partial charge in [-0.15, -0.1) is 0 Å². The molecule has 0 fully saturated rings. The Morgan fingerprint density at radius 3 is 2.92 bits per heavy atom. The Labute approximate surface area is 75.8 Å². The molecule has 0 saturated heterocycles. The fourth-order valence-electron chi connectivity index (χ4n) is 0.925. The summed E-state index contributed by atoms with van der Waals surface area (Å²) in [7, 11) is 0. The zero-order valence-corrected chi connectivity index (χ0v) is 6.92. The van der Waals surface area contributed by atoms with Crippen LogP contribution in [0.1, 0.15) is 5.76 Å². The molecule has 3 nitrogen and oxygen atoms in total. The molecule has 0 bridgehead atoms. The van der Waals surface area contributed by atoms with Gasteiger partial charge in [0.15, 0.2) is 5.82 Å². The maximum absolute atomic E-state index is 5.08. The van der Waals surface area contributed by atoms with E-state index in [4.69, 9.17) is 4.42 Å². The Hall–Kier alpha value is -1.90. The number of aromatic nitrogens is 1. The van der Waals surface area contributed by atoms with Crippen LogP contribution in [0.4, 0.5) is 5.82 Å². The summed E-state index contributed by atoms with van der Waals surface area (Å²) in [6, 6.07) is 9.24. The summed E-state index contributed by atoms with van der Waals surface area (Å²) in [5.74, 6) is 1.41. The predicted molar refractivity (Wildman–Crippen MR) is 50.2 cm³/mol. The van der Waals surface area contributed by atoms with E-state index in [1.807, 2.05) is 30.3 Å². The van der Waals surface area contributed by atoms with Gasteiger partial charge in [-0.25, -0.2) is 9.98 Å². The van der Waals surface area contributed by atoms with Gasteiger partial charge >= 0.3 is 0 Å². The van der Waals surface area contributed by atoms with Crippen LogP contribution < -0.4 is 0 Å². The lowest BCUT2D eigenvalue weighted by Crippen LogP contribution is -1.75. The van der Waals surface area contributed by atoms with Crippen LogP contribution in [0, 0.1) is 0 Å². The van der Waals surface area contributed by atoms with E-state index in [1.165, 1.54) is 0 Å². The summed E-state index contributed by atoms with van der Waals surface area (Å²) in [6.45, 7) is 0. The first-order chi connectivity index (χ1) is 6.45. The van der Waals surface area contributed by atoms with E-state index in [0.29, 0.717) is 5.82 Å². The number of hydrogen-bond acceptors (Lipinski definition) is 3. The highest BCUT2D eigenvalue weighted by Crippen LogP contribution is 2.05. The van der Waals surface area contributed by atoms with Crippen LogP contribution >= 0.6 is 0 Å². The van der Waals surface area contributed by atoms with Crippen molar-refractivity contribution in [2.75, 3.05) is 0 Å². The normalized spacial score (nSPS) is 10.8. The Morgan fingerprint density at radius 1 is 1.23 bits per heavy atom. The summed E-state index contributed by atoms with van der Waals surface area (Å²) < 4.78 is 5.08. The van der Waals surface area contributed by atoms with E-state index in [-0.39, 0.29) is 0 Å². The van der Waals surface area contributed by atoms with Crippen molar-refractivity contribution in [3.05, 3.63) is 48.6 Å². The summed E-state index contributed by atoms with van der Waals surface area (Å²) in [5, 5.41) is 0. The number of furan rings is 1. The minimum Gasteiger partial charge on any atom is -0.463 e. The Morgan fingerprint density at radius 2 is 2.23 bits per heavy atom. The topological polar surface area (TPSA) is 38.4 Å². The molecule has 0 aliphatic heterocycles. The SMILES string of the molecule is C(=Nc1ccccn1)c1ccco1. The number of aliphatic imine (C=N–C) groups is 1. The Balaban J connectivity index is 2.15. The van der Waals surface area contributed by atoms with E-state index in [9.17, 15) is 0 Å². The molecule has 2 aromatic heterocycles. The lowest BCUT2D eigenvalue weighted by atomic mass is 10.4. The van der Waals surface area contributed by atoms with E-state index >= 15 is 0 Å². The highest BCUT2D eigenvalue weighted by atomic mass is 16.3. The number of rotatable bonds is 2. The van der Waals surface area contributed by atoms with Crippen molar-refractivity contribution in [1.29, 1.82) is 0 Å². The van der Waals surface area contributed by atoms with Gasteiger partial charge in [0.05, 0.1) is 12.5 Å². The molecule has 0 amide bonds. The van der Waals surface area contributed by atoms with Gasteiger partial charge in [0.25, 0.3) is 0 Å². The van der Waals surface area contributed by atoms with Crippen LogP contribution in [-0.2, 0) is 0 Å². The molecule has 0 radical (unpaired) electrons. The third-order valence-corrected chi connectivity index (χ3v) is 1.52. The van der Waals surface area contributed by atoms with Gasteiger partial charge in [-0.3, -0.25) is 0 Å². The summed E-state index contributed by atoms with van der Waals surface area (Å²) in [4.78, 5) is 8.16. The molecule has 2 heterocycles. The first-order valence-electron chi connectivity index (χ1n) is 3.94. The zero-order chi connectivity index (χ0) is 8.93. The van der Waals surface area contributed by atoms with Crippen molar-refractivity contribution in [2.45, 2.75) is 0 Å². The van der Waals surface area contributed by atoms with Gasteiger partial charge in [0.1, 0.15) is 5.76 Å². The van der Waals surface area contributed by atoms with Gasteiger partial charge in [-0.2, -0.15) is 0 Å². The minimum atomic E-state index is 0.680. The van der Waals surface area contributed by atoms with Crippen LogP contribution in [0.25, 0.3) is 0 Å². The van der Waals surface area contributed by atoms with Gasteiger partial charge in [-0.1, -0.05) is 6.07 Å². The molecule has 0 unspecified atom stereocenters. The third-order valence-electron chi connectivity index (χ3n) is 1.52. The molecule has 2 rings (SSSR count). The fourth-order valence-corrected chi connectivity index (χ4v) is 0.925. The third kappa shape index (κ3) is 2.02. The van der Waals surface area contributed by atoms with E-state index < -0.39 is 0 Å². The second-order valence-corrected chi connectivity index (χ2v) is 2.46. The standard InChI is InChI=1S/C10H8N2O/c1-2-6-11-10(5-1)12-8-9-4-3-7-13-9/h1-8H. The van der Waals surface area contributed by atoms with Crippen molar-refractivity contribution in [3.63, 3.8) is 0 Å². The summed E-state index contributed by atoms with van der Waals surface area (Å²) in [5.41, 5.74) is 0. The van der Waals surface area contributed by atoms with Crippen molar-refractivity contribution in [2.24, 2.45) is 4.99 Å². The van der Waals surface area contributed by atoms with Crippen LogP contribution in [-0.4, -0.2) is 11.2 Å². The molecule has 0 aliphatic rings. The second kappa shape index (κ2) is 3.67. The quantitative estimate of drug-likeness (QED) is 0.652. The van der Waals surface area contributed by atoms with E-state index in [0.717, 1.165) is 5.76 Å². The largest absolute Gasteiger partial charge is 0.463 e. The average molecular weight is 172 g/mol. The van der Waals surface area contributed by atoms with Crippen molar-refractivity contribution >= 4 is 12.0 Å². The van der Waals surface area contributed by atoms with Crippen LogP contribution in [0.15, 0.2) is 52.2 Å². The molecule has 13 heavy (non-hydrogen) atoms. The van der Waals surface area contributed by atoms with Crippen LogP contribution in [0.2, 0.25) is 0 Å². The van der Waals surface area contributed by atoms with Crippen LogP contribution in [0.5, 0.6) is 0 Å². The monoisotopic (exact) mass is 172 g/mol. The molecule has 0 spiro atoms. The second-order valence-electron chi connectivity index (χ2n) is 2.46. The van der Waals surface area contributed by atoms with E-state index in [1.54, 1.807) is 18.7 Å². The van der Waals surface area contributed by atoms with Crippen molar-refractivity contribution < 1.29 is 4.42 Å². The number of hydrogen-bond donors (Lipinski definition) is 0. The van der Waals surface area contributed by atoms with Gasteiger partial charge in [0.2, 0.25) is 0 Å². The zero-order valence-electron chi connectivity index (χ0n) is 6.92. The number of nitrogens with zero attached hydrogens (tertiary/aromatic N) is 2. The number of pyridine rings is 1. The molecular formula is C10H8N2O. The average Bonchev–Trinajstić information content (AvgIpc) is 2.69. The molecular weight excluding hydrogens is 164 g/mol. The lowest BCUT2D eigenvalue weighted by Gasteiger charge is -1.88. The van der Waals surface area contributed by atoms with Gasteiger partial charge in [-0.05, 0) is 24.3 Å². The molecule has 3 heteroatoms. The molecule has 0 saturated carbocycles. The minimum absolute atomic E-state index is 0.680. The highest BCUT2D eigenvalue weighted by Gasteiger charge is 1.89. The molecule has 0 atom stereocenters. The molecule has 0 aliphatic carbocycles. The maximum Gasteiger partial charge on any atom is 0.151 e. The summed E-state index contributed by atoms with van der Waals surface area (Å²) >= 11 is 0. The maximum atomic E-state index is 5.08. The van der Waals surface area contributed by atoms with Crippen molar-refractivity contribution in [1.82, 2.24) is 4.98 Å². The van der Waals surface area contributed by atoms with Crippen LogP contribution in [0.3, 0.4) is 0 Å². The van der Waals surface area contributed by atoms with E-state index in [2.05, 4.69) is 9.98 Å². The molecule has 0 N–H and O–H groups in total. The smallest absolute Gasteiger partial charge is 0.151 e. The highest BCUT2D eigenvalue weighted by molar-refractivity contribution is 5.77. The fraction of sp³-hybridized carbons (Fsp3) is 0. The predicted octanol–water partition coefficient (Wildman–Crippen LogP) is 2.43. The lowest BCUT2D eigenvalue weighted by molar-refractivity contribution is 0.560. The first kappa shape index (κ1) is 7.73.